The van der Waals surface area contributed by atoms with Gasteiger partial charge in [0.2, 0.25) is 0 Å². The molecule has 164 valence electrons. The Balaban J connectivity index is 1.84. The summed E-state index contributed by atoms with van der Waals surface area (Å²) in [5.74, 6) is -0.327. The molecule has 10 nitrogen and oxygen atoms in total. The first-order chi connectivity index (χ1) is 15.1. The van der Waals surface area contributed by atoms with Crippen LogP contribution in [0.1, 0.15) is 31.1 Å². The van der Waals surface area contributed by atoms with Crippen molar-refractivity contribution in [2.45, 2.75) is 26.4 Å². The van der Waals surface area contributed by atoms with Gasteiger partial charge in [-0.25, -0.2) is 14.5 Å². The number of para-hydroxylation sites is 1. The van der Waals surface area contributed by atoms with Crippen LogP contribution in [-0.2, 0) is 4.74 Å². The number of carbonyl (C=O) groups is 2. The van der Waals surface area contributed by atoms with E-state index in [1.165, 1.54) is 15.6 Å². The number of hydrogen-bond acceptors (Lipinski definition) is 6. The Morgan fingerprint density at radius 2 is 1.81 bits per heavy atom. The molecule has 0 aliphatic carbocycles. The molecule has 0 aliphatic rings. The lowest BCUT2D eigenvalue weighted by molar-refractivity contribution is 0.0587. The molecule has 2 amide bonds. The zero-order valence-corrected chi connectivity index (χ0v) is 18.2. The minimum atomic E-state index is -0.683. The average molecular weight is 433 g/mol. The van der Waals surface area contributed by atoms with E-state index in [1.807, 2.05) is 30.3 Å². The Bertz CT molecular complexity index is 1300. The normalized spacial score (nSPS) is 11.5. The Hall–Kier alpha value is -4.21. The first kappa shape index (κ1) is 21.0. The summed E-state index contributed by atoms with van der Waals surface area (Å²) < 4.78 is 8.57. The van der Waals surface area contributed by atoms with E-state index in [0.717, 1.165) is 5.69 Å². The number of anilines is 1. The molecule has 10 heteroatoms. The number of nitrogens with zero attached hydrogens (tertiary/aromatic N) is 6. The molecular formula is C22H23N7O3. The maximum absolute atomic E-state index is 12.7. The lowest BCUT2D eigenvalue weighted by Crippen LogP contribution is -2.35. The van der Waals surface area contributed by atoms with Crippen molar-refractivity contribution in [1.29, 1.82) is 0 Å². The van der Waals surface area contributed by atoms with E-state index in [-0.39, 0.29) is 11.2 Å². The van der Waals surface area contributed by atoms with Gasteiger partial charge in [0.25, 0.3) is 5.91 Å². The van der Waals surface area contributed by atoms with Crippen LogP contribution in [0.4, 0.5) is 10.6 Å². The molecule has 0 bridgehead atoms. The van der Waals surface area contributed by atoms with Crippen LogP contribution in [0.2, 0.25) is 0 Å². The molecule has 32 heavy (non-hydrogen) atoms. The molecule has 0 saturated heterocycles. The van der Waals surface area contributed by atoms with Gasteiger partial charge in [0, 0.05) is 19.3 Å². The summed E-state index contributed by atoms with van der Waals surface area (Å²) in [6, 6.07) is 13.1. The number of fused-ring (bicyclic) bond motifs is 1. The van der Waals surface area contributed by atoms with E-state index in [4.69, 9.17) is 10.5 Å². The molecule has 0 saturated carbocycles. The number of benzene rings is 1. The summed E-state index contributed by atoms with van der Waals surface area (Å²) in [7, 11) is 1.56. The van der Waals surface area contributed by atoms with Crippen LogP contribution in [0.25, 0.3) is 22.7 Å². The molecule has 0 aliphatic heterocycles. The highest BCUT2D eigenvalue weighted by Crippen LogP contribution is 2.26. The zero-order chi connectivity index (χ0) is 23.0. The lowest BCUT2D eigenvalue weighted by Gasteiger charge is -2.25. The summed E-state index contributed by atoms with van der Waals surface area (Å²) in [5, 5.41) is 8.80. The van der Waals surface area contributed by atoms with E-state index in [1.54, 1.807) is 50.8 Å². The van der Waals surface area contributed by atoms with Crippen molar-refractivity contribution in [3.8, 4) is 17.1 Å². The zero-order valence-electron chi connectivity index (χ0n) is 18.2. The van der Waals surface area contributed by atoms with E-state index in [2.05, 4.69) is 15.2 Å². The Morgan fingerprint density at radius 1 is 1.09 bits per heavy atom. The summed E-state index contributed by atoms with van der Waals surface area (Å²) in [6.45, 7) is 5.34. The van der Waals surface area contributed by atoms with Gasteiger partial charge in [0.05, 0.1) is 17.6 Å². The summed E-state index contributed by atoms with van der Waals surface area (Å²) in [4.78, 5) is 30.5. The van der Waals surface area contributed by atoms with Crippen molar-refractivity contribution in [2.24, 2.45) is 5.73 Å². The van der Waals surface area contributed by atoms with Crippen LogP contribution in [-0.4, -0.2) is 49.0 Å². The number of amides is 2. The van der Waals surface area contributed by atoms with Crippen LogP contribution in [0, 0.1) is 0 Å². The van der Waals surface area contributed by atoms with Gasteiger partial charge in [-0.1, -0.05) is 18.2 Å². The van der Waals surface area contributed by atoms with Crippen molar-refractivity contribution >= 4 is 23.5 Å². The Labute approximate surface area is 184 Å². The van der Waals surface area contributed by atoms with E-state index >= 15 is 0 Å². The molecule has 4 aromatic rings. The predicted molar refractivity (Wildman–Crippen MR) is 119 cm³/mol. The molecule has 3 aromatic heterocycles. The van der Waals surface area contributed by atoms with Crippen LogP contribution < -0.4 is 10.6 Å². The molecular weight excluding hydrogens is 410 g/mol. The lowest BCUT2D eigenvalue weighted by atomic mass is 10.2. The second-order valence-electron chi connectivity index (χ2n) is 8.18. The highest BCUT2D eigenvalue weighted by Gasteiger charge is 2.25. The second kappa shape index (κ2) is 7.80. The first-order valence-electron chi connectivity index (χ1n) is 9.91. The topological polar surface area (TPSA) is 121 Å². The van der Waals surface area contributed by atoms with Crippen molar-refractivity contribution in [2.75, 3.05) is 11.9 Å². The minimum absolute atomic E-state index is 0.133. The molecule has 2 N–H and O–H groups in total. The van der Waals surface area contributed by atoms with E-state index < -0.39 is 17.6 Å². The fourth-order valence-electron chi connectivity index (χ4n) is 3.10. The number of hydrogen-bond donors (Lipinski definition) is 1. The van der Waals surface area contributed by atoms with Gasteiger partial charge in [-0.3, -0.25) is 9.69 Å². The Morgan fingerprint density at radius 3 is 2.47 bits per heavy atom. The molecule has 0 fully saturated rings. The molecule has 0 unspecified atom stereocenters. The molecule has 0 spiro atoms. The van der Waals surface area contributed by atoms with Gasteiger partial charge in [-0.15, -0.1) is 0 Å². The van der Waals surface area contributed by atoms with Crippen molar-refractivity contribution < 1.29 is 14.3 Å². The molecule has 4 rings (SSSR count). The number of ether oxygens (including phenoxy) is 1. The van der Waals surface area contributed by atoms with Crippen LogP contribution in [0.15, 0.2) is 54.9 Å². The fourth-order valence-corrected chi connectivity index (χ4v) is 3.10. The smallest absolute Gasteiger partial charge is 0.415 e. The van der Waals surface area contributed by atoms with Crippen molar-refractivity contribution in [1.82, 2.24) is 24.4 Å². The maximum atomic E-state index is 12.7. The maximum Gasteiger partial charge on any atom is 0.415 e. The highest BCUT2D eigenvalue weighted by atomic mass is 16.6. The van der Waals surface area contributed by atoms with Crippen LogP contribution >= 0.6 is 0 Å². The summed E-state index contributed by atoms with van der Waals surface area (Å²) in [6.07, 6.45) is 2.55. The molecule has 1 aromatic carbocycles. The van der Waals surface area contributed by atoms with Gasteiger partial charge >= 0.3 is 6.09 Å². The number of aromatic nitrogens is 5. The standard InChI is InChI=1S/C22H23N7O3/c1-22(2,3)32-21(31)27(4)18-12-17(25-20-15(19(23)30)13-24-29(18)20)16-10-11-28(26-16)14-8-6-5-7-9-14/h5-13H,1-4H3,(H2,23,30). The number of rotatable bonds is 4. The summed E-state index contributed by atoms with van der Waals surface area (Å²) in [5.41, 5.74) is 7.05. The fraction of sp³-hybridized carbons (Fsp3) is 0.227. The quantitative estimate of drug-likeness (QED) is 0.528. The number of carbonyl (C=O) groups excluding carboxylic acids is 2. The van der Waals surface area contributed by atoms with Gasteiger partial charge < -0.3 is 10.5 Å². The van der Waals surface area contributed by atoms with E-state index in [0.29, 0.717) is 17.2 Å². The molecule has 0 radical (unpaired) electrons. The predicted octanol–water partition coefficient (Wildman–Crippen LogP) is 3.05. The van der Waals surface area contributed by atoms with Gasteiger partial charge in [0.15, 0.2) is 5.65 Å². The van der Waals surface area contributed by atoms with Crippen LogP contribution in [0.3, 0.4) is 0 Å². The van der Waals surface area contributed by atoms with Gasteiger partial charge in [-0.2, -0.15) is 14.7 Å². The largest absolute Gasteiger partial charge is 0.443 e. The Kier molecular flexibility index (Phi) is 5.13. The second-order valence-corrected chi connectivity index (χ2v) is 8.18. The highest BCUT2D eigenvalue weighted by molar-refractivity contribution is 5.99. The molecule has 0 atom stereocenters. The van der Waals surface area contributed by atoms with Crippen molar-refractivity contribution in [3.05, 3.63) is 60.4 Å². The van der Waals surface area contributed by atoms with Crippen LogP contribution in [0.5, 0.6) is 0 Å². The molecule has 3 heterocycles. The number of primary amides is 1. The third kappa shape index (κ3) is 4.02. The van der Waals surface area contributed by atoms with Crippen molar-refractivity contribution in [3.63, 3.8) is 0 Å². The first-order valence-corrected chi connectivity index (χ1v) is 9.91. The monoisotopic (exact) mass is 433 g/mol. The summed E-state index contributed by atoms with van der Waals surface area (Å²) >= 11 is 0. The van der Waals surface area contributed by atoms with Gasteiger partial charge in [-0.05, 0) is 39.0 Å². The number of nitrogens with two attached hydrogens (primary N) is 1. The van der Waals surface area contributed by atoms with E-state index in [9.17, 15) is 9.59 Å². The third-order valence-corrected chi connectivity index (χ3v) is 4.60. The average Bonchev–Trinajstić information content (AvgIpc) is 3.39. The van der Waals surface area contributed by atoms with Gasteiger partial charge in [0.1, 0.15) is 22.7 Å². The minimum Gasteiger partial charge on any atom is -0.443 e. The third-order valence-electron chi connectivity index (χ3n) is 4.60. The SMILES string of the molecule is CN(C(=O)OC(C)(C)C)c1cc(-c2ccn(-c3ccccc3)n2)nc2c(C(N)=O)cnn12.